The van der Waals surface area contributed by atoms with E-state index < -0.39 is 12.1 Å². The fourth-order valence-electron chi connectivity index (χ4n) is 2.27. The van der Waals surface area contributed by atoms with Crippen LogP contribution in [0.2, 0.25) is 0 Å². The van der Waals surface area contributed by atoms with Crippen molar-refractivity contribution >= 4 is 12.1 Å². The first-order valence-electron chi connectivity index (χ1n) is 7.71. The number of halogens is 1. The van der Waals surface area contributed by atoms with Crippen LogP contribution in [0.15, 0.2) is 60.7 Å². The summed E-state index contributed by atoms with van der Waals surface area (Å²) >= 11 is 0. The van der Waals surface area contributed by atoms with Gasteiger partial charge >= 0.3 is 12.1 Å². The predicted octanol–water partition coefficient (Wildman–Crippen LogP) is -1.44. The Morgan fingerprint density at radius 1 is 1.00 bits per heavy atom. The van der Waals surface area contributed by atoms with Crippen LogP contribution < -0.4 is 23.9 Å². The highest BCUT2D eigenvalue weighted by Gasteiger charge is 2.22. The third-order valence-corrected chi connectivity index (χ3v) is 3.48. The minimum atomic E-state index is -0.840. The minimum absolute atomic E-state index is 0. The van der Waals surface area contributed by atoms with Gasteiger partial charge in [-0.25, -0.2) is 14.5 Å². The Bertz CT molecular complexity index is 668. The molecule has 0 unspecified atom stereocenters. The van der Waals surface area contributed by atoms with Crippen LogP contribution in [0.25, 0.3) is 0 Å². The average Bonchev–Trinajstić information content (AvgIpc) is 2.59. The first-order chi connectivity index (χ1) is 11.6. The van der Waals surface area contributed by atoms with Gasteiger partial charge in [-0.15, -0.1) is 0 Å². The number of carbonyl (C=O) groups is 2. The molecule has 0 spiro atoms. The molecule has 7 heteroatoms. The summed E-state index contributed by atoms with van der Waals surface area (Å²) in [6, 6.07) is 18.0. The molecule has 2 rings (SSSR count). The van der Waals surface area contributed by atoms with E-state index in [2.05, 4.69) is 5.73 Å². The predicted molar refractivity (Wildman–Crippen MR) is 89.7 cm³/mol. The zero-order chi connectivity index (χ0) is 17.4. The van der Waals surface area contributed by atoms with Gasteiger partial charge in [-0.3, -0.25) is 0 Å². The molecule has 0 aromatic heterocycles. The number of benzene rings is 2. The minimum Gasteiger partial charge on any atom is -1.00 e. The molecule has 5 N–H and O–H groups in total. The van der Waals surface area contributed by atoms with Gasteiger partial charge in [0.2, 0.25) is 0 Å². The van der Waals surface area contributed by atoms with Crippen LogP contribution in [0.4, 0.5) is 9.59 Å². The molecule has 2 aromatic carbocycles. The highest BCUT2D eigenvalue weighted by atomic mass is 35.5. The molecule has 1 atom stereocenters. The molecular formula is C18H22ClN3O3. The number of hydrogen-bond acceptors (Lipinski definition) is 3. The zero-order valence-electron chi connectivity index (χ0n) is 13.8. The lowest BCUT2D eigenvalue weighted by atomic mass is 10.1. The lowest BCUT2D eigenvalue weighted by molar-refractivity contribution is -0.424. The van der Waals surface area contributed by atoms with E-state index in [-0.39, 0.29) is 31.6 Å². The topological polar surface area (TPSA) is 100 Å². The van der Waals surface area contributed by atoms with Crippen molar-refractivity contribution in [3.8, 4) is 0 Å². The molecule has 3 amide bonds. The van der Waals surface area contributed by atoms with Crippen LogP contribution in [-0.4, -0.2) is 29.7 Å². The Labute approximate surface area is 153 Å². The van der Waals surface area contributed by atoms with E-state index in [4.69, 9.17) is 10.5 Å². The lowest BCUT2D eigenvalue weighted by Gasteiger charge is -2.19. The van der Waals surface area contributed by atoms with Crippen molar-refractivity contribution in [2.24, 2.45) is 5.73 Å². The Hall–Kier alpha value is -2.57. The van der Waals surface area contributed by atoms with E-state index in [0.717, 1.165) is 16.0 Å². The number of imide groups is 1. The summed E-state index contributed by atoms with van der Waals surface area (Å²) in [6.45, 7) is 0.196. The molecule has 2 aromatic rings. The molecule has 25 heavy (non-hydrogen) atoms. The number of quaternary nitrogens is 1. The van der Waals surface area contributed by atoms with Crippen LogP contribution in [0.1, 0.15) is 11.1 Å². The van der Waals surface area contributed by atoms with Crippen LogP contribution in [0.3, 0.4) is 0 Å². The maximum absolute atomic E-state index is 12.1. The van der Waals surface area contributed by atoms with E-state index in [0.29, 0.717) is 6.42 Å². The quantitative estimate of drug-likeness (QED) is 0.657. The SMILES string of the molecule is NC(=O)N(Cc1ccccc1)C(=O)OC[C@H]([NH3+])Cc1ccccc1.[Cl-]. The van der Waals surface area contributed by atoms with E-state index >= 15 is 0 Å². The number of ether oxygens (including phenoxy) is 1. The number of rotatable bonds is 6. The second-order valence-corrected chi connectivity index (χ2v) is 5.54. The van der Waals surface area contributed by atoms with Gasteiger partial charge in [-0.2, -0.15) is 0 Å². The number of urea groups is 1. The zero-order valence-corrected chi connectivity index (χ0v) is 14.6. The van der Waals surface area contributed by atoms with Gasteiger partial charge in [0.05, 0.1) is 6.54 Å². The molecule has 0 bridgehead atoms. The van der Waals surface area contributed by atoms with Gasteiger partial charge in [0, 0.05) is 6.42 Å². The number of hydrogen-bond donors (Lipinski definition) is 2. The number of carbonyl (C=O) groups excluding carboxylic acids is 2. The molecule has 0 saturated heterocycles. The molecule has 0 saturated carbocycles. The molecule has 134 valence electrons. The summed E-state index contributed by atoms with van der Waals surface area (Å²) in [6.07, 6.45) is -0.0725. The van der Waals surface area contributed by atoms with E-state index in [1.54, 1.807) is 0 Å². The first kappa shape index (κ1) is 20.5. The molecule has 6 nitrogen and oxygen atoms in total. The average molecular weight is 364 g/mol. The highest BCUT2D eigenvalue weighted by molar-refractivity contribution is 5.89. The molecule has 0 fully saturated rings. The lowest BCUT2D eigenvalue weighted by Crippen LogP contribution is -3.00. The van der Waals surface area contributed by atoms with Crippen molar-refractivity contribution in [1.29, 1.82) is 0 Å². The van der Waals surface area contributed by atoms with E-state index in [1.165, 1.54) is 0 Å². The summed E-state index contributed by atoms with van der Waals surface area (Å²) in [5.74, 6) is 0. The number of primary amides is 1. The number of nitrogens with zero attached hydrogens (tertiary/aromatic N) is 1. The van der Waals surface area contributed by atoms with Gasteiger partial charge in [0.1, 0.15) is 12.6 Å². The summed E-state index contributed by atoms with van der Waals surface area (Å²) in [5.41, 5.74) is 11.2. The van der Waals surface area contributed by atoms with Crippen molar-refractivity contribution in [1.82, 2.24) is 4.90 Å². The molecule has 0 heterocycles. The third kappa shape index (κ3) is 6.82. The highest BCUT2D eigenvalue weighted by Crippen LogP contribution is 2.07. The molecule has 0 aliphatic rings. The first-order valence-corrected chi connectivity index (χ1v) is 7.71. The van der Waals surface area contributed by atoms with Gasteiger partial charge in [0.15, 0.2) is 0 Å². The summed E-state index contributed by atoms with van der Waals surface area (Å²) in [7, 11) is 0. The number of amides is 3. The second kappa shape index (κ2) is 10.3. The molecule has 0 radical (unpaired) electrons. The fraction of sp³-hybridized carbons (Fsp3) is 0.222. The normalized spacial score (nSPS) is 11.1. The standard InChI is InChI=1S/C18H21N3O3.ClH/c19-16(11-14-7-3-1-4-8-14)13-24-18(23)21(17(20)22)12-15-9-5-2-6-10-15;/h1-10,16H,11-13,19H2,(H2,20,22);1H/t16-;/m1./s1. The monoisotopic (exact) mass is 363 g/mol. The van der Waals surface area contributed by atoms with Gasteiger partial charge in [-0.05, 0) is 11.1 Å². The van der Waals surface area contributed by atoms with Crippen LogP contribution in [0, 0.1) is 0 Å². The second-order valence-electron chi connectivity index (χ2n) is 5.54. The van der Waals surface area contributed by atoms with Crippen LogP contribution >= 0.6 is 0 Å². The largest absolute Gasteiger partial charge is 1.00 e. The third-order valence-electron chi connectivity index (χ3n) is 3.48. The van der Waals surface area contributed by atoms with Crippen molar-refractivity contribution < 1.29 is 32.5 Å². The molecule has 0 aliphatic carbocycles. The number of nitrogens with two attached hydrogens (primary N) is 1. The Morgan fingerprint density at radius 2 is 1.52 bits per heavy atom. The smallest absolute Gasteiger partial charge is 0.418 e. The van der Waals surface area contributed by atoms with Crippen LogP contribution in [0.5, 0.6) is 0 Å². The van der Waals surface area contributed by atoms with Crippen molar-refractivity contribution in [2.45, 2.75) is 19.0 Å². The van der Waals surface area contributed by atoms with Crippen LogP contribution in [-0.2, 0) is 17.7 Å². The van der Waals surface area contributed by atoms with Crippen molar-refractivity contribution in [3.63, 3.8) is 0 Å². The fourth-order valence-corrected chi connectivity index (χ4v) is 2.27. The Kier molecular flexibility index (Phi) is 8.46. The maximum Gasteiger partial charge on any atom is 0.418 e. The maximum atomic E-state index is 12.1. The Morgan fingerprint density at radius 3 is 2.04 bits per heavy atom. The summed E-state index contributed by atoms with van der Waals surface area (Å²) in [4.78, 5) is 24.5. The summed E-state index contributed by atoms with van der Waals surface area (Å²) in [5, 5.41) is 0. The Balaban J connectivity index is 0.00000312. The van der Waals surface area contributed by atoms with E-state index in [9.17, 15) is 9.59 Å². The van der Waals surface area contributed by atoms with Crippen molar-refractivity contribution in [2.75, 3.05) is 6.61 Å². The van der Waals surface area contributed by atoms with Gasteiger partial charge < -0.3 is 28.6 Å². The van der Waals surface area contributed by atoms with Crippen molar-refractivity contribution in [3.05, 3.63) is 71.8 Å². The summed E-state index contributed by atoms with van der Waals surface area (Å²) < 4.78 is 5.20. The van der Waals surface area contributed by atoms with E-state index in [1.807, 2.05) is 60.7 Å². The molecular weight excluding hydrogens is 342 g/mol. The van der Waals surface area contributed by atoms with Gasteiger partial charge in [-0.1, -0.05) is 60.7 Å². The van der Waals surface area contributed by atoms with Gasteiger partial charge in [0.25, 0.3) is 0 Å². The molecule has 0 aliphatic heterocycles.